The second kappa shape index (κ2) is 10.7. The number of aliphatic hydroxyl groups excluding tert-OH is 1. The van der Waals surface area contributed by atoms with Crippen molar-refractivity contribution in [2.45, 2.75) is 19.3 Å². The molecular formula is C27H17Cl2F3N2O3. The van der Waals surface area contributed by atoms with Crippen molar-refractivity contribution in [2.24, 2.45) is 0 Å². The van der Waals surface area contributed by atoms with Crippen LogP contribution in [0.15, 0.2) is 77.6 Å². The topological polar surface area (TPSA) is 75.2 Å². The van der Waals surface area contributed by atoms with Crippen molar-refractivity contribution in [3.63, 3.8) is 0 Å². The summed E-state index contributed by atoms with van der Waals surface area (Å²) in [5.74, 6) is 0.851. The lowest BCUT2D eigenvalue weighted by Crippen LogP contribution is -2.28. The van der Waals surface area contributed by atoms with Crippen LogP contribution in [-0.2, 0) is 19.3 Å². The average Bonchev–Trinajstić information content (AvgIpc) is 2.86. The monoisotopic (exact) mass is 544 g/mol. The number of nitriles is 1. The van der Waals surface area contributed by atoms with Crippen LogP contribution in [-0.4, -0.2) is 9.67 Å². The predicted octanol–water partition coefficient (Wildman–Crippen LogP) is 7.05. The average molecular weight is 545 g/mol. The largest absolute Gasteiger partial charge is 0.457 e. The Morgan fingerprint density at radius 2 is 1.70 bits per heavy atom. The van der Waals surface area contributed by atoms with Gasteiger partial charge in [0.2, 0.25) is 0 Å². The van der Waals surface area contributed by atoms with Gasteiger partial charge in [0, 0.05) is 10.0 Å². The molecule has 0 bridgehead atoms. The molecule has 0 atom stereocenters. The first-order valence-electron chi connectivity index (χ1n) is 10.8. The van der Waals surface area contributed by atoms with Crippen molar-refractivity contribution >= 4 is 23.2 Å². The van der Waals surface area contributed by atoms with Gasteiger partial charge in [-0.1, -0.05) is 41.4 Å². The maximum Gasteiger partial charge on any atom is 0.417 e. The molecule has 0 saturated carbocycles. The highest BCUT2D eigenvalue weighted by atomic mass is 35.5. The van der Waals surface area contributed by atoms with E-state index in [2.05, 4.69) is 0 Å². The summed E-state index contributed by atoms with van der Waals surface area (Å²) < 4.78 is 48.2. The van der Waals surface area contributed by atoms with Crippen LogP contribution in [0.3, 0.4) is 0 Å². The third-order valence-corrected chi connectivity index (χ3v) is 6.11. The number of pyridine rings is 1. The second-order valence-electron chi connectivity index (χ2n) is 7.99. The van der Waals surface area contributed by atoms with Crippen LogP contribution in [0.1, 0.15) is 22.3 Å². The number of rotatable bonds is 6. The van der Waals surface area contributed by atoms with Crippen LogP contribution in [0.5, 0.6) is 11.5 Å². The normalized spacial score (nSPS) is 11.3. The molecule has 1 aromatic heterocycles. The van der Waals surface area contributed by atoms with Gasteiger partial charge in [0.15, 0.2) is 0 Å². The Morgan fingerprint density at radius 1 is 0.973 bits per heavy atom. The summed E-state index contributed by atoms with van der Waals surface area (Å²) in [5, 5.41) is 19.2. The van der Waals surface area contributed by atoms with Crippen molar-refractivity contribution in [1.29, 1.82) is 5.26 Å². The fourth-order valence-electron chi connectivity index (χ4n) is 3.73. The van der Waals surface area contributed by atoms with Crippen molar-refractivity contribution in [3.8, 4) is 28.8 Å². The highest BCUT2D eigenvalue weighted by Gasteiger charge is 2.36. The maximum absolute atomic E-state index is 13.8. The van der Waals surface area contributed by atoms with Gasteiger partial charge >= 0.3 is 6.18 Å². The summed E-state index contributed by atoms with van der Waals surface area (Å²) in [6.45, 7) is -0.352. The number of hydrogen-bond acceptors (Lipinski definition) is 4. The van der Waals surface area contributed by atoms with Gasteiger partial charge in [0.05, 0.1) is 24.4 Å². The lowest BCUT2D eigenvalue weighted by atomic mass is 10.0. The Kier molecular flexibility index (Phi) is 7.60. The highest BCUT2D eigenvalue weighted by Crippen LogP contribution is 2.35. The van der Waals surface area contributed by atoms with E-state index in [-0.39, 0.29) is 29.4 Å². The van der Waals surface area contributed by atoms with E-state index in [1.54, 1.807) is 36.4 Å². The molecular weight excluding hydrogens is 528 g/mol. The third-order valence-electron chi connectivity index (χ3n) is 5.53. The summed E-state index contributed by atoms with van der Waals surface area (Å²) in [6, 6.07) is 19.6. The van der Waals surface area contributed by atoms with E-state index in [1.165, 1.54) is 36.4 Å². The first-order valence-corrected chi connectivity index (χ1v) is 11.5. The van der Waals surface area contributed by atoms with E-state index in [0.29, 0.717) is 27.6 Å². The van der Waals surface area contributed by atoms with Crippen LogP contribution in [0.25, 0.3) is 11.3 Å². The fraction of sp³-hybridized carbons (Fsp3) is 0.111. The van der Waals surface area contributed by atoms with Gasteiger partial charge in [-0.15, -0.1) is 0 Å². The van der Waals surface area contributed by atoms with E-state index in [4.69, 9.17) is 27.9 Å². The molecule has 1 heterocycles. The third kappa shape index (κ3) is 5.81. The van der Waals surface area contributed by atoms with Crippen LogP contribution < -0.4 is 10.3 Å². The Balaban J connectivity index is 1.81. The first kappa shape index (κ1) is 26.3. The zero-order chi connectivity index (χ0) is 26.7. The van der Waals surface area contributed by atoms with E-state index >= 15 is 0 Å². The standard InChI is InChI=1S/C27H17Cl2F3N2O3/c28-19-7-4-18(24(29)11-19)14-34-25(12-23(27(30,31)32)22(13-33)26(34)36)17-5-8-20(9-6-17)37-21-3-1-2-16(10-21)15-35/h1-12,35H,14-15H2. The Labute approximate surface area is 219 Å². The van der Waals surface area contributed by atoms with Gasteiger partial charge in [0.1, 0.15) is 23.1 Å². The molecule has 4 rings (SSSR count). The van der Waals surface area contributed by atoms with Crippen molar-refractivity contribution in [3.05, 3.63) is 115 Å². The predicted molar refractivity (Wildman–Crippen MR) is 134 cm³/mol. The molecule has 10 heteroatoms. The van der Waals surface area contributed by atoms with Gasteiger partial charge in [-0.05, 0) is 71.3 Å². The molecule has 0 aliphatic rings. The zero-order valence-corrected chi connectivity index (χ0v) is 20.4. The highest BCUT2D eigenvalue weighted by molar-refractivity contribution is 6.35. The van der Waals surface area contributed by atoms with Gasteiger partial charge in [-0.25, -0.2) is 0 Å². The molecule has 0 unspecified atom stereocenters. The number of alkyl halides is 3. The smallest absolute Gasteiger partial charge is 0.417 e. The molecule has 4 aromatic rings. The SMILES string of the molecule is N#Cc1c(C(F)(F)F)cc(-c2ccc(Oc3cccc(CO)c3)cc2)n(Cc2ccc(Cl)cc2Cl)c1=O. The number of ether oxygens (including phenoxy) is 1. The van der Waals surface area contributed by atoms with Crippen LogP contribution in [0, 0.1) is 11.3 Å². The van der Waals surface area contributed by atoms with Crippen molar-refractivity contribution in [1.82, 2.24) is 4.57 Å². The minimum atomic E-state index is -4.92. The number of aromatic nitrogens is 1. The maximum atomic E-state index is 13.8. The zero-order valence-electron chi connectivity index (χ0n) is 18.9. The molecule has 0 spiro atoms. The first-order chi connectivity index (χ1) is 17.6. The molecule has 0 saturated heterocycles. The summed E-state index contributed by atoms with van der Waals surface area (Å²) in [5.41, 5.74) is -2.12. The van der Waals surface area contributed by atoms with E-state index < -0.39 is 22.9 Å². The summed E-state index contributed by atoms with van der Waals surface area (Å²) in [6.07, 6.45) is -4.92. The number of aliphatic hydroxyl groups is 1. The molecule has 1 N–H and O–H groups in total. The second-order valence-corrected chi connectivity index (χ2v) is 8.83. The van der Waals surface area contributed by atoms with E-state index in [9.17, 15) is 28.3 Å². The molecule has 3 aromatic carbocycles. The summed E-state index contributed by atoms with van der Waals surface area (Å²) >= 11 is 12.2. The lowest BCUT2D eigenvalue weighted by Gasteiger charge is -2.18. The molecule has 0 aliphatic heterocycles. The van der Waals surface area contributed by atoms with Gasteiger partial charge < -0.3 is 14.4 Å². The molecule has 0 radical (unpaired) electrons. The van der Waals surface area contributed by atoms with Crippen LogP contribution in [0.2, 0.25) is 10.0 Å². The molecule has 37 heavy (non-hydrogen) atoms. The van der Waals surface area contributed by atoms with Gasteiger partial charge in [-0.3, -0.25) is 4.79 Å². The van der Waals surface area contributed by atoms with Crippen molar-refractivity contribution in [2.75, 3.05) is 0 Å². The molecule has 0 aliphatic carbocycles. The van der Waals surface area contributed by atoms with E-state index in [0.717, 1.165) is 10.6 Å². The summed E-state index contributed by atoms with van der Waals surface area (Å²) in [7, 11) is 0. The minimum absolute atomic E-state index is 0.0591. The number of halogens is 5. The Hall–Kier alpha value is -3.77. The fourth-order valence-corrected chi connectivity index (χ4v) is 4.20. The van der Waals surface area contributed by atoms with Crippen LogP contribution >= 0.6 is 23.2 Å². The minimum Gasteiger partial charge on any atom is -0.457 e. The lowest BCUT2D eigenvalue weighted by molar-refractivity contribution is -0.137. The number of hydrogen-bond donors (Lipinski definition) is 1. The van der Waals surface area contributed by atoms with E-state index in [1.807, 2.05) is 0 Å². The number of nitrogens with zero attached hydrogens (tertiary/aromatic N) is 2. The summed E-state index contributed by atoms with van der Waals surface area (Å²) in [4.78, 5) is 13.1. The molecule has 0 fully saturated rings. The van der Waals surface area contributed by atoms with Crippen LogP contribution in [0.4, 0.5) is 13.2 Å². The van der Waals surface area contributed by atoms with Gasteiger partial charge in [0.25, 0.3) is 5.56 Å². The molecule has 188 valence electrons. The Bertz CT molecular complexity index is 1560. The number of benzene rings is 3. The molecule has 5 nitrogen and oxygen atoms in total. The van der Waals surface area contributed by atoms with Crippen molar-refractivity contribution < 1.29 is 23.0 Å². The molecule has 0 amide bonds. The Morgan fingerprint density at radius 3 is 2.32 bits per heavy atom. The van der Waals surface area contributed by atoms with Gasteiger partial charge in [-0.2, -0.15) is 18.4 Å². The quantitative estimate of drug-likeness (QED) is 0.282.